The van der Waals surface area contributed by atoms with Gasteiger partial charge in [0.05, 0.1) is 0 Å². The van der Waals surface area contributed by atoms with Gasteiger partial charge in [-0.25, -0.2) is 0 Å². The lowest BCUT2D eigenvalue weighted by atomic mass is 9.46. The molecule has 0 aromatic heterocycles. The highest BCUT2D eigenvalue weighted by Crippen LogP contribution is 2.68. The predicted octanol–water partition coefficient (Wildman–Crippen LogP) is 5.75. The van der Waals surface area contributed by atoms with Gasteiger partial charge in [0.25, 0.3) is 0 Å². The van der Waals surface area contributed by atoms with Crippen LogP contribution in [0.4, 0.5) is 0 Å². The smallest absolute Gasteiger partial charge is 0.222 e. The Hall–Kier alpha value is -0.830. The zero-order chi connectivity index (χ0) is 22.0. The Balaban J connectivity index is 1.32. The number of fused-ring (bicyclic) bond motifs is 4. The number of carbonyl (C=O) groups excluding carboxylic acids is 1. The van der Waals surface area contributed by atoms with E-state index < -0.39 is 0 Å². The summed E-state index contributed by atoms with van der Waals surface area (Å²) >= 11 is 0. The van der Waals surface area contributed by atoms with Crippen LogP contribution in [-0.2, 0) is 4.79 Å². The number of carbonyl (C=O) groups is 1. The van der Waals surface area contributed by atoms with Crippen molar-refractivity contribution in [3.8, 4) is 0 Å². The van der Waals surface area contributed by atoms with Crippen LogP contribution in [0.3, 0.4) is 0 Å². The minimum Gasteiger partial charge on any atom is -0.346 e. The molecule has 5 aliphatic rings. The second-order valence-corrected chi connectivity index (χ2v) is 12.5. The average molecular weight is 427 g/mol. The van der Waals surface area contributed by atoms with Crippen molar-refractivity contribution in [1.29, 1.82) is 0 Å². The highest BCUT2D eigenvalue weighted by Gasteiger charge is 2.63. The van der Waals surface area contributed by atoms with E-state index in [1.54, 1.807) is 5.57 Å². The van der Waals surface area contributed by atoms with Gasteiger partial charge in [-0.1, -0.05) is 25.5 Å². The molecular formula is C28H46N2O. The van der Waals surface area contributed by atoms with Gasteiger partial charge in [0.1, 0.15) is 0 Å². The van der Waals surface area contributed by atoms with Crippen LogP contribution in [-0.4, -0.2) is 48.9 Å². The molecule has 0 N–H and O–H groups in total. The maximum Gasteiger partial charge on any atom is 0.222 e. The minimum atomic E-state index is 0.362. The van der Waals surface area contributed by atoms with Crippen LogP contribution in [0.1, 0.15) is 85.0 Å². The Labute approximate surface area is 191 Å². The van der Waals surface area contributed by atoms with Gasteiger partial charge >= 0.3 is 0 Å². The summed E-state index contributed by atoms with van der Waals surface area (Å²) in [5, 5.41) is 0. The van der Waals surface area contributed by atoms with Gasteiger partial charge in [0.2, 0.25) is 5.91 Å². The third-order valence-electron chi connectivity index (χ3n) is 11.3. The fourth-order valence-corrected chi connectivity index (χ4v) is 9.58. The van der Waals surface area contributed by atoms with E-state index in [1.165, 1.54) is 57.9 Å². The normalized spacial score (nSPS) is 46.5. The molecular weight excluding hydrogens is 380 g/mol. The molecule has 1 spiro atoms. The van der Waals surface area contributed by atoms with E-state index in [2.05, 4.69) is 38.8 Å². The fourth-order valence-electron chi connectivity index (χ4n) is 9.58. The second-order valence-electron chi connectivity index (χ2n) is 12.5. The van der Waals surface area contributed by atoms with Crippen molar-refractivity contribution >= 4 is 5.91 Å². The number of likely N-dealkylation sites (tertiary alicyclic amines) is 1. The number of nitrogens with zero attached hydrogens (tertiary/aromatic N) is 2. The monoisotopic (exact) mass is 426 g/mol. The molecule has 1 saturated heterocycles. The van der Waals surface area contributed by atoms with Gasteiger partial charge in [-0.05, 0) is 112 Å². The summed E-state index contributed by atoms with van der Waals surface area (Å²) in [5.41, 5.74) is 2.77. The molecule has 4 fully saturated rings. The van der Waals surface area contributed by atoms with Crippen LogP contribution in [0.15, 0.2) is 11.6 Å². The highest BCUT2D eigenvalue weighted by molar-refractivity contribution is 5.76. The molecule has 0 aromatic rings. The van der Waals surface area contributed by atoms with Crippen molar-refractivity contribution in [2.75, 3.05) is 27.2 Å². The van der Waals surface area contributed by atoms with Crippen molar-refractivity contribution < 1.29 is 4.79 Å². The van der Waals surface area contributed by atoms with Gasteiger partial charge in [-0.3, -0.25) is 4.79 Å². The van der Waals surface area contributed by atoms with E-state index in [0.29, 0.717) is 22.7 Å². The SMILES string of the molecule is CCCN(C)C(=O)CC1CC[C@@]2(C)C(=CC[C@H]3[C@@H]4CC[C@@H]5[C@H](C)N(C)C[C@@]54CC[C@@H]32)C1. The lowest BCUT2D eigenvalue weighted by Crippen LogP contribution is -2.51. The van der Waals surface area contributed by atoms with Crippen LogP contribution in [0.5, 0.6) is 0 Å². The molecule has 0 aromatic carbocycles. The van der Waals surface area contributed by atoms with Crippen LogP contribution < -0.4 is 0 Å². The molecule has 5 rings (SSSR count). The van der Waals surface area contributed by atoms with Crippen molar-refractivity contribution in [1.82, 2.24) is 9.80 Å². The molecule has 31 heavy (non-hydrogen) atoms. The summed E-state index contributed by atoms with van der Waals surface area (Å²) in [5.74, 6) is 4.64. The third-order valence-corrected chi connectivity index (χ3v) is 11.3. The molecule has 0 radical (unpaired) electrons. The molecule has 1 aliphatic heterocycles. The van der Waals surface area contributed by atoms with E-state index in [0.717, 1.165) is 49.1 Å². The Morgan fingerprint density at radius 3 is 2.71 bits per heavy atom. The number of amides is 1. The first-order valence-corrected chi connectivity index (χ1v) is 13.4. The Kier molecular flexibility index (Phi) is 5.59. The zero-order valence-corrected chi connectivity index (χ0v) is 20.8. The van der Waals surface area contributed by atoms with Crippen LogP contribution >= 0.6 is 0 Å². The van der Waals surface area contributed by atoms with Crippen LogP contribution in [0.25, 0.3) is 0 Å². The third kappa shape index (κ3) is 3.27. The summed E-state index contributed by atoms with van der Waals surface area (Å²) in [4.78, 5) is 17.3. The largest absolute Gasteiger partial charge is 0.346 e. The summed E-state index contributed by atoms with van der Waals surface area (Å²) in [6.07, 6.45) is 15.5. The standard InChI is InChI=1S/C28H46N2O/c1-6-15-29(4)26(31)17-20-11-13-27(3)21(16-20)7-8-22-24(27)12-14-28-18-30(5)19(2)23(28)9-10-25(22)28/h7,19-20,22-25H,6,8-18H2,1-5H3/t19-,20?,22+,23+,24-,25-,27-,28-/m0/s1. The van der Waals surface area contributed by atoms with E-state index in [4.69, 9.17) is 0 Å². The Bertz CT molecular complexity index is 745. The summed E-state index contributed by atoms with van der Waals surface area (Å²) in [6.45, 7) is 9.52. The molecule has 0 bridgehead atoms. The Morgan fingerprint density at radius 1 is 1.16 bits per heavy atom. The van der Waals surface area contributed by atoms with Crippen molar-refractivity contribution in [3.05, 3.63) is 11.6 Å². The van der Waals surface area contributed by atoms with E-state index in [-0.39, 0.29) is 0 Å². The Morgan fingerprint density at radius 2 is 1.94 bits per heavy atom. The molecule has 8 atom stereocenters. The van der Waals surface area contributed by atoms with Crippen LogP contribution in [0.2, 0.25) is 0 Å². The maximum atomic E-state index is 12.7. The first kappa shape index (κ1) is 22.0. The lowest BCUT2D eigenvalue weighted by molar-refractivity contribution is -0.131. The molecule has 1 amide bonds. The molecule has 3 saturated carbocycles. The van der Waals surface area contributed by atoms with Crippen molar-refractivity contribution in [2.24, 2.45) is 40.4 Å². The molecule has 4 aliphatic carbocycles. The molecule has 174 valence electrons. The first-order valence-electron chi connectivity index (χ1n) is 13.4. The van der Waals surface area contributed by atoms with Gasteiger partial charge < -0.3 is 9.80 Å². The zero-order valence-electron chi connectivity index (χ0n) is 20.8. The summed E-state index contributed by atoms with van der Waals surface area (Å²) in [6, 6.07) is 0.783. The van der Waals surface area contributed by atoms with Gasteiger partial charge in [-0.2, -0.15) is 0 Å². The minimum absolute atomic E-state index is 0.362. The van der Waals surface area contributed by atoms with Gasteiger partial charge in [0.15, 0.2) is 0 Å². The topological polar surface area (TPSA) is 23.6 Å². The van der Waals surface area contributed by atoms with E-state index >= 15 is 0 Å². The summed E-state index contributed by atoms with van der Waals surface area (Å²) in [7, 11) is 4.36. The number of hydrogen-bond acceptors (Lipinski definition) is 2. The summed E-state index contributed by atoms with van der Waals surface area (Å²) < 4.78 is 0. The number of hydrogen-bond donors (Lipinski definition) is 0. The number of allylic oxidation sites excluding steroid dienone is 2. The van der Waals surface area contributed by atoms with Gasteiger partial charge in [0, 0.05) is 32.6 Å². The molecule has 1 unspecified atom stereocenters. The second kappa shape index (κ2) is 7.89. The van der Waals surface area contributed by atoms with Crippen molar-refractivity contribution in [3.63, 3.8) is 0 Å². The number of rotatable bonds is 4. The first-order chi connectivity index (χ1) is 14.8. The maximum absolute atomic E-state index is 12.7. The highest BCUT2D eigenvalue weighted by atomic mass is 16.2. The quantitative estimate of drug-likeness (QED) is 0.534. The average Bonchev–Trinajstić information content (AvgIpc) is 3.22. The molecule has 3 nitrogen and oxygen atoms in total. The van der Waals surface area contributed by atoms with Crippen LogP contribution in [0, 0.1) is 40.4 Å². The van der Waals surface area contributed by atoms with Crippen molar-refractivity contribution in [2.45, 2.75) is 91.0 Å². The lowest BCUT2D eigenvalue weighted by Gasteiger charge is -2.58. The molecule has 1 heterocycles. The van der Waals surface area contributed by atoms with E-state index in [9.17, 15) is 4.79 Å². The molecule has 3 heteroatoms. The predicted molar refractivity (Wildman–Crippen MR) is 128 cm³/mol. The van der Waals surface area contributed by atoms with Gasteiger partial charge in [-0.15, -0.1) is 0 Å². The van der Waals surface area contributed by atoms with E-state index in [1.807, 2.05) is 11.9 Å². The fraction of sp³-hybridized carbons (Fsp3) is 0.893.